The van der Waals surface area contributed by atoms with E-state index in [9.17, 15) is 79.0 Å². The van der Waals surface area contributed by atoms with Gasteiger partial charge in [-0.05, 0) is 0 Å². The van der Waals surface area contributed by atoms with E-state index in [4.69, 9.17) is 0 Å². The van der Waals surface area contributed by atoms with E-state index >= 15 is 0 Å². The quantitative estimate of drug-likeness (QED) is 0.173. The van der Waals surface area contributed by atoms with Crippen molar-refractivity contribution in [2.24, 2.45) is 0 Å². The lowest BCUT2D eigenvalue weighted by Crippen LogP contribution is -2.84. The summed E-state index contributed by atoms with van der Waals surface area (Å²) in [5, 5.41) is -26.6. The minimum atomic E-state index is -7.40. The molecule has 2 saturated carbocycles. The third-order valence-corrected chi connectivity index (χ3v) is 7.20. The molecule has 6 unspecified atom stereocenters. The first-order valence-corrected chi connectivity index (χ1v) is 9.66. The van der Waals surface area contributed by atoms with Crippen LogP contribution in [0.4, 0.5) is 79.0 Å². The van der Waals surface area contributed by atoms with Crippen LogP contribution in [0, 0.1) is 0 Å². The molecule has 0 radical (unpaired) electrons. The van der Waals surface area contributed by atoms with Crippen LogP contribution < -0.4 is 0 Å². The second-order valence-corrected chi connectivity index (χ2v) is 9.42. The first-order chi connectivity index (χ1) is 15.7. The third kappa shape index (κ3) is 3.05. The van der Waals surface area contributed by atoms with Gasteiger partial charge in [-0.15, -0.1) is 0 Å². The van der Waals surface area contributed by atoms with Gasteiger partial charge in [0.05, 0.1) is 0 Å². The van der Waals surface area contributed by atoms with E-state index in [0.29, 0.717) is 0 Å². The van der Waals surface area contributed by atoms with Crippen LogP contribution in [0.3, 0.4) is 0 Å². The third-order valence-electron chi connectivity index (χ3n) is 5.29. The molecule has 0 spiro atoms. The summed E-state index contributed by atoms with van der Waals surface area (Å²) in [5.41, 5.74) is 0. The fourth-order valence-electron chi connectivity index (χ4n) is 2.94. The Morgan fingerprint density at radius 2 is 0.541 bits per heavy atom. The summed E-state index contributed by atoms with van der Waals surface area (Å²) < 4.78 is 256. The van der Waals surface area contributed by atoms with Crippen molar-refractivity contribution in [1.29, 1.82) is 0 Å². The van der Waals surface area contributed by atoms with Gasteiger partial charge in [0.15, 0.2) is 6.79 Å². The molecule has 37 heavy (non-hydrogen) atoms. The molecule has 0 N–H and O–H groups in total. The normalized spacial score (nSPS) is 49.5. The van der Waals surface area contributed by atoms with Crippen molar-refractivity contribution in [2.45, 2.75) is 67.8 Å². The molecule has 2 rings (SSSR count). The number of ether oxygens (including phenoxy) is 2. The molecule has 6 atom stereocenters. The van der Waals surface area contributed by atoms with Gasteiger partial charge in [0.25, 0.3) is 0 Å². The molecule has 2 fully saturated rings. The number of rotatable bonds is 4. The summed E-state index contributed by atoms with van der Waals surface area (Å²) in [5.74, 6) is -57.4. The molecule has 220 valence electrons. The van der Waals surface area contributed by atoms with Gasteiger partial charge < -0.3 is 9.47 Å². The maximum atomic E-state index is 14.6. The molecular weight excluding hydrogens is 672 g/mol. The SMILES string of the molecule is FC1(F)C(F)(F)C(F)(OCOC2(F)C(F)(F)C(F)(F)C(F)(Cl)C(F)(F)C2(F)Cl)C(F)(Cl)C(F)(F)C1(F)Cl. The van der Waals surface area contributed by atoms with Crippen LogP contribution in [0.5, 0.6) is 0 Å². The highest BCUT2D eigenvalue weighted by Crippen LogP contribution is 2.73. The van der Waals surface area contributed by atoms with Gasteiger partial charge in [-0.2, -0.15) is 61.5 Å². The first-order valence-electron chi connectivity index (χ1n) is 8.14. The maximum absolute atomic E-state index is 14.6. The Labute approximate surface area is 210 Å². The Morgan fingerprint density at radius 1 is 0.324 bits per heavy atom. The van der Waals surface area contributed by atoms with Gasteiger partial charge in [0.2, 0.25) is 0 Å². The van der Waals surface area contributed by atoms with Crippen LogP contribution in [0.1, 0.15) is 0 Å². The van der Waals surface area contributed by atoms with Gasteiger partial charge in [-0.3, -0.25) is 0 Å². The van der Waals surface area contributed by atoms with Crippen LogP contribution in [0.15, 0.2) is 0 Å². The van der Waals surface area contributed by atoms with Crippen molar-refractivity contribution in [1.82, 2.24) is 0 Å². The van der Waals surface area contributed by atoms with Gasteiger partial charge in [-0.1, -0.05) is 46.4 Å². The van der Waals surface area contributed by atoms with Crippen molar-refractivity contribution in [3.63, 3.8) is 0 Å². The molecule has 0 heterocycles. The van der Waals surface area contributed by atoms with Crippen LogP contribution >= 0.6 is 46.4 Å². The molecule has 0 aliphatic heterocycles. The minimum Gasteiger partial charge on any atom is -0.310 e. The maximum Gasteiger partial charge on any atom is 0.377 e. The van der Waals surface area contributed by atoms with Crippen molar-refractivity contribution < 1.29 is 88.5 Å². The molecular formula is C13H2Cl4F18O2. The Balaban J connectivity index is 2.62. The fraction of sp³-hybridized carbons (Fsp3) is 1.00. The van der Waals surface area contributed by atoms with Crippen molar-refractivity contribution in [3.05, 3.63) is 0 Å². The lowest BCUT2D eigenvalue weighted by Gasteiger charge is -2.54. The average Bonchev–Trinajstić information content (AvgIpc) is 2.70. The summed E-state index contributed by atoms with van der Waals surface area (Å²) in [7, 11) is 0. The number of hydrogen-bond donors (Lipinski definition) is 0. The van der Waals surface area contributed by atoms with E-state index < -0.39 is 74.5 Å². The minimum absolute atomic E-state index is 2.66. The molecule has 0 amide bonds. The van der Waals surface area contributed by atoms with Crippen LogP contribution in [-0.4, -0.2) is 74.5 Å². The van der Waals surface area contributed by atoms with E-state index in [2.05, 4.69) is 55.9 Å². The molecule has 0 bridgehead atoms. The van der Waals surface area contributed by atoms with Gasteiger partial charge in [0.1, 0.15) is 0 Å². The zero-order valence-corrected chi connectivity index (χ0v) is 18.9. The Morgan fingerprint density at radius 3 is 0.757 bits per heavy atom. The Bertz CT molecular complexity index is 816. The van der Waals surface area contributed by atoms with E-state index in [-0.39, 0.29) is 0 Å². The Hall–Kier alpha value is -0.180. The predicted molar refractivity (Wildman–Crippen MR) is 83.2 cm³/mol. The van der Waals surface area contributed by atoms with E-state index in [1.54, 1.807) is 0 Å². The highest BCUT2D eigenvalue weighted by molar-refractivity contribution is 6.29. The van der Waals surface area contributed by atoms with Crippen molar-refractivity contribution in [3.8, 4) is 0 Å². The highest BCUT2D eigenvalue weighted by Gasteiger charge is 3.01. The molecule has 2 aliphatic carbocycles. The van der Waals surface area contributed by atoms with Gasteiger partial charge in [0, 0.05) is 0 Å². The van der Waals surface area contributed by atoms with E-state index in [0.717, 1.165) is 0 Å². The van der Waals surface area contributed by atoms with Crippen LogP contribution in [0.25, 0.3) is 0 Å². The molecule has 0 aromatic heterocycles. The smallest absolute Gasteiger partial charge is 0.310 e. The van der Waals surface area contributed by atoms with Crippen LogP contribution in [0.2, 0.25) is 0 Å². The average molecular weight is 674 g/mol. The lowest BCUT2D eigenvalue weighted by molar-refractivity contribution is -0.486. The van der Waals surface area contributed by atoms with Crippen molar-refractivity contribution in [2.75, 3.05) is 6.79 Å². The fourth-order valence-corrected chi connectivity index (χ4v) is 4.14. The number of hydrogen-bond acceptors (Lipinski definition) is 2. The number of halogens is 22. The van der Waals surface area contributed by atoms with Gasteiger partial charge >= 0.3 is 67.8 Å². The summed E-state index contributed by atoms with van der Waals surface area (Å²) in [6.07, 6.45) is 0. The van der Waals surface area contributed by atoms with Gasteiger partial charge in [-0.25, -0.2) is 17.6 Å². The van der Waals surface area contributed by atoms with Crippen molar-refractivity contribution >= 4 is 46.4 Å². The zero-order chi connectivity index (χ0) is 30.1. The number of alkyl halides is 22. The second kappa shape index (κ2) is 7.76. The molecule has 24 heteroatoms. The lowest BCUT2D eigenvalue weighted by atomic mass is 9.80. The van der Waals surface area contributed by atoms with E-state index in [1.807, 2.05) is 0 Å². The zero-order valence-electron chi connectivity index (χ0n) is 15.8. The standard InChI is InChI=1S/C13H2Cl4F18O2/c14-2(18)6(22,23)4(16,20)12(34,10(30,31)8(2,26)27)36-1-37-13(35)5(17,21)7(24,25)3(15,19)9(28,29)11(13,32)33/h1H2. The Kier molecular flexibility index (Phi) is 6.93. The monoisotopic (exact) mass is 672 g/mol. The molecule has 0 aromatic carbocycles. The summed E-state index contributed by atoms with van der Waals surface area (Å²) in [4.78, 5) is 0. The highest BCUT2D eigenvalue weighted by atomic mass is 35.5. The van der Waals surface area contributed by atoms with E-state index in [1.165, 1.54) is 0 Å². The second-order valence-electron chi connectivity index (χ2n) is 7.34. The molecule has 0 saturated heterocycles. The summed E-state index contributed by atoms with van der Waals surface area (Å²) in [6, 6.07) is 0. The first kappa shape index (κ1) is 33.0. The topological polar surface area (TPSA) is 18.5 Å². The summed E-state index contributed by atoms with van der Waals surface area (Å²) in [6.45, 7) is -3.73. The molecule has 0 aromatic rings. The van der Waals surface area contributed by atoms with Crippen LogP contribution in [-0.2, 0) is 9.47 Å². The largest absolute Gasteiger partial charge is 0.377 e. The summed E-state index contributed by atoms with van der Waals surface area (Å²) >= 11 is 16.1. The molecule has 2 nitrogen and oxygen atoms in total. The predicted octanol–water partition coefficient (Wildman–Crippen LogP) is 7.77. The molecule has 2 aliphatic rings.